The Hall–Kier alpha value is -2.03. The van der Waals surface area contributed by atoms with Crippen LogP contribution < -0.4 is 10.9 Å². The van der Waals surface area contributed by atoms with Crippen LogP contribution >= 0.6 is 39.5 Å². The number of aryl methyl sites for hydroxylation is 2. The molecule has 1 aliphatic carbocycles. The molecular formula is C26H26BrN3O2S2. The fourth-order valence-electron chi connectivity index (χ4n) is 4.93. The summed E-state index contributed by atoms with van der Waals surface area (Å²) in [6.45, 7) is 3.96. The van der Waals surface area contributed by atoms with Gasteiger partial charge in [0.25, 0.3) is 5.56 Å². The van der Waals surface area contributed by atoms with E-state index in [-0.39, 0.29) is 23.1 Å². The smallest absolute Gasteiger partial charge is 0.263 e. The standard InChI is InChI=1S/C26H26BrN3O2S2/c1-15-12-17(27)13-16(2)23(15)28-21(31)14-33-26-29-24-22(19-10-6-7-11-20(19)34-24)25(32)30(26)18-8-4-3-5-9-18/h3-5,8-9,12-13,19-20H,6-7,10-11,14H2,1-2H3,(H,28,31)/t19-,20+/m0/s1. The number of hydrogen-bond acceptors (Lipinski definition) is 5. The van der Waals surface area contributed by atoms with Gasteiger partial charge in [-0.05, 0) is 62.1 Å². The summed E-state index contributed by atoms with van der Waals surface area (Å²) in [5, 5.41) is 4.91. The fourth-order valence-corrected chi connectivity index (χ4v) is 7.99. The zero-order valence-corrected chi connectivity index (χ0v) is 22.4. The molecule has 1 aromatic heterocycles. The highest BCUT2D eigenvalue weighted by atomic mass is 79.9. The number of halogens is 1. The molecule has 0 saturated heterocycles. The lowest BCUT2D eigenvalue weighted by Gasteiger charge is -2.24. The SMILES string of the molecule is Cc1cc(Br)cc(C)c1NC(=O)CSc1nc2c(c(=O)n1-c1ccccc1)[C@H]1CCCC[C@H]1S2. The van der Waals surface area contributed by atoms with Gasteiger partial charge < -0.3 is 5.32 Å². The van der Waals surface area contributed by atoms with Gasteiger partial charge in [-0.1, -0.05) is 58.7 Å². The van der Waals surface area contributed by atoms with Gasteiger partial charge in [0.15, 0.2) is 5.16 Å². The van der Waals surface area contributed by atoms with E-state index in [1.165, 1.54) is 18.2 Å². The van der Waals surface area contributed by atoms with Gasteiger partial charge in [-0.25, -0.2) is 4.98 Å². The number of aromatic nitrogens is 2. The second kappa shape index (κ2) is 9.91. The Labute approximate surface area is 216 Å². The van der Waals surface area contributed by atoms with Crippen molar-refractivity contribution in [3.05, 3.63) is 74.0 Å². The van der Waals surface area contributed by atoms with E-state index in [1.807, 2.05) is 56.3 Å². The van der Waals surface area contributed by atoms with Gasteiger partial charge in [-0.2, -0.15) is 0 Å². The summed E-state index contributed by atoms with van der Waals surface area (Å²) in [6.07, 6.45) is 4.56. The van der Waals surface area contributed by atoms with E-state index < -0.39 is 0 Å². The summed E-state index contributed by atoms with van der Waals surface area (Å²) in [5.74, 6) is 0.341. The molecule has 5 rings (SSSR count). The Kier molecular flexibility index (Phi) is 6.91. The Morgan fingerprint density at radius 2 is 1.88 bits per heavy atom. The summed E-state index contributed by atoms with van der Waals surface area (Å²) in [7, 11) is 0. The maximum absolute atomic E-state index is 13.8. The normalized spacial score (nSPS) is 18.9. The van der Waals surface area contributed by atoms with Crippen molar-refractivity contribution < 1.29 is 4.79 Å². The number of amides is 1. The Morgan fingerprint density at radius 3 is 2.62 bits per heavy atom. The number of carbonyl (C=O) groups is 1. The Balaban J connectivity index is 1.45. The van der Waals surface area contributed by atoms with Gasteiger partial charge in [0, 0.05) is 21.3 Å². The highest BCUT2D eigenvalue weighted by Crippen LogP contribution is 2.50. The number of anilines is 1. The molecule has 0 radical (unpaired) electrons. The van der Waals surface area contributed by atoms with Crippen LogP contribution in [-0.2, 0) is 4.79 Å². The molecule has 0 unspecified atom stereocenters. The molecule has 5 nitrogen and oxygen atoms in total. The van der Waals surface area contributed by atoms with Gasteiger partial charge in [0.2, 0.25) is 5.91 Å². The highest BCUT2D eigenvalue weighted by molar-refractivity contribution is 9.10. The van der Waals surface area contributed by atoms with E-state index in [1.54, 1.807) is 16.3 Å². The minimum atomic E-state index is -0.116. The molecule has 1 aliphatic heterocycles. The number of nitrogens with one attached hydrogen (secondary N) is 1. The summed E-state index contributed by atoms with van der Waals surface area (Å²) in [6, 6.07) is 13.6. The van der Waals surface area contributed by atoms with Gasteiger partial charge in [-0.15, -0.1) is 11.8 Å². The van der Waals surface area contributed by atoms with Crippen molar-refractivity contribution in [1.82, 2.24) is 9.55 Å². The van der Waals surface area contributed by atoms with Crippen molar-refractivity contribution in [3.63, 3.8) is 0 Å². The Bertz CT molecular complexity index is 1290. The molecule has 2 heterocycles. The predicted octanol–water partition coefficient (Wildman–Crippen LogP) is 6.47. The molecule has 0 spiro atoms. The van der Waals surface area contributed by atoms with Gasteiger partial charge >= 0.3 is 0 Å². The molecule has 0 bridgehead atoms. The zero-order chi connectivity index (χ0) is 23.8. The third-order valence-corrected chi connectivity index (χ3v) is 9.30. The van der Waals surface area contributed by atoms with Crippen LogP contribution in [0.25, 0.3) is 5.69 Å². The third kappa shape index (κ3) is 4.60. The average Bonchev–Trinajstić information content (AvgIpc) is 3.19. The van der Waals surface area contributed by atoms with Crippen LogP contribution in [0.2, 0.25) is 0 Å². The van der Waals surface area contributed by atoms with Crippen molar-refractivity contribution in [2.45, 2.75) is 60.9 Å². The molecule has 2 aliphatic rings. The van der Waals surface area contributed by atoms with E-state index in [4.69, 9.17) is 4.98 Å². The monoisotopic (exact) mass is 555 g/mol. The topological polar surface area (TPSA) is 64.0 Å². The molecule has 1 fully saturated rings. The first kappa shape index (κ1) is 23.7. The van der Waals surface area contributed by atoms with E-state index in [9.17, 15) is 9.59 Å². The molecule has 176 valence electrons. The van der Waals surface area contributed by atoms with Crippen LogP contribution in [0.15, 0.2) is 61.9 Å². The maximum Gasteiger partial charge on any atom is 0.263 e. The summed E-state index contributed by atoms with van der Waals surface area (Å²) < 4.78 is 2.69. The second-order valence-electron chi connectivity index (χ2n) is 8.89. The summed E-state index contributed by atoms with van der Waals surface area (Å²) in [4.78, 5) is 31.6. The second-order valence-corrected chi connectivity index (χ2v) is 12.0. The van der Waals surface area contributed by atoms with Crippen molar-refractivity contribution in [2.75, 3.05) is 11.1 Å². The largest absolute Gasteiger partial charge is 0.325 e. The first-order valence-corrected chi connectivity index (χ1v) is 14.2. The van der Waals surface area contributed by atoms with Crippen LogP contribution in [0, 0.1) is 13.8 Å². The molecule has 1 amide bonds. The maximum atomic E-state index is 13.8. The fraction of sp³-hybridized carbons (Fsp3) is 0.346. The zero-order valence-electron chi connectivity index (χ0n) is 19.1. The van der Waals surface area contributed by atoms with Crippen LogP contribution in [0.5, 0.6) is 0 Å². The van der Waals surface area contributed by atoms with Crippen molar-refractivity contribution >= 4 is 51.0 Å². The number of carbonyl (C=O) groups excluding carboxylic acids is 1. The van der Waals surface area contributed by atoms with Crippen molar-refractivity contribution in [2.24, 2.45) is 0 Å². The number of benzene rings is 2. The van der Waals surface area contributed by atoms with Crippen LogP contribution in [0.3, 0.4) is 0 Å². The number of rotatable bonds is 5. The van der Waals surface area contributed by atoms with Crippen molar-refractivity contribution in [1.29, 1.82) is 0 Å². The number of fused-ring (bicyclic) bond motifs is 3. The molecular weight excluding hydrogens is 530 g/mol. The average molecular weight is 557 g/mol. The van der Waals surface area contributed by atoms with Crippen LogP contribution in [0.1, 0.15) is 48.3 Å². The summed E-state index contributed by atoms with van der Waals surface area (Å²) in [5.41, 5.74) is 4.50. The van der Waals surface area contributed by atoms with Gasteiger partial charge in [-0.3, -0.25) is 14.2 Å². The van der Waals surface area contributed by atoms with E-state index in [0.717, 1.165) is 56.8 Å². The van der Waals surface area contributed by atoms with Gasteiger partial charge in [0.05, 0.1) is 17.0 Å². The number of thioether (sulfide) groups is 2. The first-order chi connectivity index (χ1) is 16.4. The molecule has 1 saturated carbocycles. The van der Waals surface area contributed by atoms with E-state index >= 15 is 0 Å². The number of nitrogens with zero attached hydrogens (tertiary/aromatic N) is 2. The number of para-hydroxylation sites is 1. The minimum Gasteiger partial charge on any atom is -0.325 e. The minimum absolute atomic E-state index is 0.0145. The van der Waals surface area contributed by atoms with Crippen molar-refractivity contribution in [3.8, 4) is 5.69 Å². The number of hydrogen-bond donors (Lipinski definition) is 1. The molecule has 2 aromatic carbocycles. The van der Waals surface area contributed by atoms with Crippen LogP contribution in [0.4, 0.5) is 5.69 Å². The predicted molar refractivity (Wildman–Crippen MR) is 144 cm³/mol. The van der Waals surface area contributed by atoms with Crippen LogP contribution in [-0.4, -0.2) is 26.5 Å². The molecule has 1 N–H and O–H groups in total. The molecule has 2 atom stereocenters. The summed E-state index contributed by atoms with van der Waals surface area (Å²) >= 11 is 6.57. The highest BCUT2D eigenvalue weighted by Gasteiger charge is 2.39. The first-order valence-electron chi connectivity index (χ1n) is 11.5. The van der Waals surface area contributed by atoms with Gasteiger partial charge in [0.1, 0.15) is 5.03 Å². The molecule has 3 aromatic rings. The lowest BCUT2D eigenvalue weighted by Crippen LogP contribution is -2.29. The third-order valence-electron chi connectivity index (χ3n) is 6.50. The molecule has 34 heavy (non-hydrogen) atoms. The van der Waals surface area contributed by atoms with E-state index in [2.05, 4.69) is 21.2 Å². The molecule has 8 heteroatoms. The quantitative estimate of drug-likeness (QED) is 0.222. The lowest BCUT2D eigenvalue weighted by atomic mass is 9.85. The Morgan fingerprint density at radius 1 is 1.18 bits per heavy atom. The lowest BCUT2D eigenvalue weighted by molar-refractivity contribution is -0.113. The van der Waals surface area contributed by atoms with E-state index in [0.29, 0.717) is 10.4 Å².